The van der Waals surface area contributed by atoms with E-state index < -0.39 is 0 Å². The smallest absolute Gasteiger partial charge is 0.353 e. The molecule has 5 heteroatoms. The van der Waals surface area contributed by atoms with E-state index in [-0.39, 0.29) is 5.97 Å². The lowest BCUT2D eigenvalue weighted by Gasteiger charge is -2.08. The molecule has 1 aliphatic rings. The van der Waals surface area contributed by atoms with Crippen molar-refractivity contribution >= 4 is 17.3 Å². The number of methoxy groups -OCH3 is 1. The van der Waals surface area contributed by atoms with Gasteiger partial charge in [-0.25, -0.2) is 4.79 Å². The van der Waals surface area contributed by atoms with Gasteiger partial charge in [-0.05, 0) is 49.4 Å². The molecule has 2 aromatic rings. The van der Waals surface area contributed by atoms with Crippen LogP contribution in [0.25, 0.3) is 0 Å². The second-order valence-electron chi connectivity index (χ2n) is 5.13. The molecule has 1 aromatic carbocycles. The van der Waals surface area contributed by atoms with Gasteiger partial charge in [-0.2, -0.15) is 5.26 Å². The maximum Gasteiger partial charge on any atom is 0.353 e. The lowest BCUT2D eigenvalue weighted by Crippen LogP contribution is -2.07. The summed E-state index contributed by atoms with van der Waals surface area (Å²) in [7, 11) is 1.48. The zero-order valence-corrected chi connectivity index (χ0v) is 13.0. The largest absolute Gasteiger partial charge is 0.493 e. The van der Waals surface area contributed by atoms with Crippen LogP contribution in [0, 0.1) is 11.3 Å². The fourth-order valence-corrected chi connectivity index (χ4v) is 3.69. The summed E-state index contributed by atoms with van der Waals surface area (Å²) in [5.74, 6) is 0.342. The van der Waals surface area contributed by atoms with Gasteiger partial charge in [-0.1, -0.05) is 0 Å². The SMILES string of the molecule is COc1cc(C#N)ccc1OC(=O)c1cc2c(s1)CCCC2. The Hall–Kier alpha value is -2.32. The topological polar surface area (TPSA) is 59.3 Å². The van der Waals surface area contributed by atoms with Gasteiger partial charge in [0.15, 0.2) is 11.5 Å². The number of hydrogen-bond donors (Lipinski definition) is 0. The van der Waals surface area contributed by atoms with Crippen molar-refractivity contribution in [3.05, 3.63) is 45.1 Å². The van der Waals surface area contributed by atoms with Gasteiger partial charge in [0.05, 0.1) is 18.7 Å². The quantitative estimate of drug-likeness (QED) is 0.640. The maximum atomic E-state index is 12.3. The van der Waals surface area contributed by atoms with Crippen LogP contribution in [0.5, 0.6) is 11.5 Å². The van der Waals surface area contributed by atoms with E-state index in [2.05, 4.69) is 0 Å². The van der Waals surface area contributed by atoms with Crippen LogP contribution in [-0.4, -0.2) is 13.1 Å². The molecule has 0 unspecified atom stereocenters. The van der Waals surface area contributed by atoms with Crippen molar-refractivity contribution < 1.29 is 14.3 Å². The Morgan fingerprint density at radius 2 is 2.05 bits per heavy atom. The van der Waals surface area contributed by atoms with Crippen LogP contribution in [0.4, 0.5) is 0 Å². The van der Waals surface area contributed by atoms with Crippen molar-refractivity contribution in [3.63, 3.8) is 0 Å². The van der Waals surface area contributed by atoms with Crippen LogP contribution >= 0.6 is 11.3 Å². The lowest BCUT2D eigenvalue weighted by atomic mass is 9.99. The molecule has 0 bridgehead atoms. The highest BCUT2D eigenvalue weighted by Gasteiger charge is 2.19. The van der Waals surface area contributed by atoms with E-state index in [9.17, 15) is 4.79 Å². The highest BCUT2D eigenvalue weighted by atomic mass is 32.1. The van der Waals surface area contributed by atoms with Crippen LogP contribution < -0.4 is 9.47 Å². The predicted octanol–water partition coefficient (Wildman–Crippen LogP) is 3.73. The number of hydrogen-bond acceptors (Lipinski definition) is 5. The molecule has 0 saturated heterocycles. The minimum absolute atomic E-state index is 0.331. The average molecular weight is 313 g/mol. The molecule has 0 spiro atoms. The summed E-state index contributed by atoms with van der Waals surface area (Å²) >= 11 is 1.52. The molecule has 0 fully saturated rings. The number of carbonyl (C=O) groups is 1. The molecule has 0 amide bonds. The monoisotopic (exact) mass is 313 g/mol. The van der Waals surface area contributed by atoms with Gasteiger partial charge in [-0.15, -0.1) is 11.3 Å². The molecule has 0 aliphatic heterocycles. The van der Waals surface area contributed by atoms with Crippen molar-refractivity contribution in [2.75, 3.05) is 7.11 Å². The third-order valence-electron chi connectivity index (χ3n) is 3.69. The number of aryl methyl sites for hydroxylation is 2. The minimum atomic E-state index is -0.373. The number of fused-ring (bicyclic) bond motifs is 1. The predicted molar refractivity (Wildman–Crippen MR) is 83.6 cm³/mol. The molecule has 112 valence electrons. The molecule has 0 N–H and O–H groups in total. The van der Waals surface area contributed by atoms with Gasteiger partial charge in [0, 0.05) is 10.9 Å². The summed E-state index contributed by atoms with van der Waals surface area (Å²) in [5, 5.41) is 8.89. The Morgan fingerprint density at radius 1 is 1.23 bits per heavy atom. The summed E-state index contributed by atoms with van der Waals surface area (Å²) in [6.07, 6.45) is 4.46. The second kappa shape index (κ2) is 6.20. The number of benzene rings is 1. The summed E-state index contributed by atoms with van der Waals surface area (Å²) in [5.41, 5.74) is 1.73. The number of esters is 1. The van der Waals surface area contributed by atoms with Crippen LogP contribution in [0.15, 0.2) is 24.3 Å². The third kappa shape index (κ3) is 2.83. The highest BCUT2D eigenvalue weighted by molar-refractivity contribution is 7.14. The van der Waals surface area contributed by atoms with E-state index in [0.29, 0.717) is 21.9 Å². The average Bonchev–Trinajstić information content (AvgIpc) is 2.99. The summed E-state index contributed by atoms with van der Waals surface area (Å²) in [6.45, 7) is 0. The van der Waals surface area contributed by atoms with Gasteiger partial charge in [0.25, 0.3) is 0 Å². The Kier molecular flexibility index (Phi) is 4.12. The van der Waals surface area contributed by atoms with Gasteiger partial charge in [0.2, 0.25) is 0 Å². The number of ether oxygens (including phenoxy) is 2. The number of carbonyl (C=O) groups excluding carboxylic acids is 1. The molecular formula is C17H15NO3S. The first-order chi connectivity index (χ1) is 10.7. The number of rotatable bonds is 3. The van der Waals surface area contributed by atoms with Crippen molar-refractivity contribution in [2.24, 2.45) is 0 Å². The van der Waals surface area contributed by atoms with Crippen molar-refractivity contribution in [1.29, 1.82) is 5.26 Å². The Morgan fingerprint density at radius 3 is 2.77 bits per heavy atom. The fraction of sp³-hybridized carbons (Fsp3) is 0.294. The van der Waals surface area contributed by atoms with Crippen molar-refractivity contribution in [2.45, 2.75) is 25.7 Å². The van der Waals surface area contributed by atoms with Crippen molar-refractivity contribution in [1.82, 2.24) is 0 Å². The van der Waals surface area contributed by atoms with Gasteiger partial charge in [-0.3, -0.25) is 0 Å². The Bertz CT molecular complexity index is 734. The van der Waals surface area contributed by atoms with E-state index in [1.54, 1.807) is 18.2 Å². The standard InChI is InChI=1S/C17H15NO3S/c1-20-14-8-11(10-18)6-7-13(14)21-17(19)16-9-12-4-2-3-5-15(12)22-16/h6-9H,2-5H2,1H3. The Labute approximate surface area is 132 Å². The van der Waals surface area contributed by atoms with E-state index in [4.69, 9.17) is 14.7 Å². The summed E-state index contributed by atoms with van der Waals surface area (Å²) < 4.78 is 10.6. The Balaban J connectivity index is 1.82. The first-order valence-electron chi connectivity index (χ1n) is 7.13. The van der Waals surface area contributed by atoms with Crippen LogP contribution in [0.3, 0.4) is 0 Å². The molecule has 1 heterocycles. The molecule has 3 rings (SSSR count). The number of thiophene rings is 1. The van der Waals surface area contributed by atoms with Gasteiger partial charge in [0.1, 0.15) is 4.88 Å². The van der Waals surface area contributed by atoms with E-state index >= 15 is 0 Å². The molecule has 22 heavy (non-hydrogen) atoms. The fourth-order valence-electron chi connectivity index (χ4n) is 2.56. The zero-order valence-electron chi connectivity index (χ0n) is 12.2. The van der Waals surface area contributed by atoms with E-state index in [0.717, 1.165) is 12.8 Å². The summed E-state index contributed by atoms with van der Waals surface area (Å²) in [6, 6.07) is 8.72. The van der Waals surface area contributed by atoms with E-state index in [1.807, 2.05) is 12.1 Å². The molecule has 1 aliphatic carbocycles. The van der Waals surface area contributed by atoms with Gasteiger partial charge >= 0.3 is 5.97 Å². The number of nitriles is 1. The minimum Gasteiger partial charge on any atom is -0.493 e. The molecule has 0 atom stereocenters. The summed E-state index contributed by atoms with van der Waals surface area (Å²) in [4.78, 5) is 14.2. The first-order valence-corrected chi connectivity index (χ1v) is 7.95. The second-order valence-corrected chi connectivity index (χ2v) is 6.27. The lowest BCUT2D eigenvalue weighted by molar-refractivity contribution is 0.0734. The van der Waals surface area contributed by atoms with Gasteiger partial charge < -0.3 is 9.47 Å². The normalized spacial score (nSPS) is 13.1. The molecular weight excluding hydrogens is 298 g/mol. The first kappa shape index (κ1) is 14.6. The number of nitrogens with zero attached hydrogens (tertiary/aromatic N) is 1. The highest BCUT2D eigenvalue weighted by Crippen LogP contribution is 2.32. The van der Waals surface area contributed by atoms with Crippen LogP contribution in [-0.2, 0) is 12.8 Å². The van der Waals surface area contributed by atoms with E-state index in [1.165, 1.54) is 41.7 Å². The zero-order chi connectivity index (χ0) is 15.5. The molecule has 4 nitrogen and oxygen atoms in total. The maximum absolute atomic E-state index is 12.3. The van der Waals surface area contributed by atoms with Crippen molar-refractivity contribution in [3.8, 4) is 17.6 Å². The molecule has 0 saturated carbocycles. The third-order valence-corrected chi connectivity index (χ3v) is 4.91. The molecule has 1 aromatic heterocycles. The van der Waals surface area contributed by atoms with Crippen LogP contribution in [0.1, 0.15) is 38.5 Å². The molecule has 0 radical (unpaired) electrons. The van der Waals surface area contributed by atoms with Crippen LogP contribution in [0.2, 0.25) is 0 Å².